The molecule has 1 amide bonds. The van der Waals surface area contributed by atoms with Gasteiger partial charge in [-0.1, -0.05) is 57.2 Å². The maximum Gasteiger partial charge on any atom is 0.248 e. The first-order chi connectivity index (χ1) is 14.2. The number of nitrogens with zero attached hydrogens (tertiary/aromatic N) is 2. The van der Waals surface area contributed by atoms with Crippen molar-refractivity contribution in [3.05, 3.63) is 84.1 Å². The lowest BCUT2D eigenvalue weighted by Gasteiger charge is -2.19. The van der Waals surface area contributed by atoms with Gasteiger partial charge in [-0.3, -0.25) is 4.79 Å². The Morgan fingerprint density at radius 2 is 1.55 bits per heavy atom. The molecule has 0 saturated carbocycles. The van der Waals surface area contributed by atoms with Gasteiger partial charge >= 0.3 is 0 Å². The van der Waals surface area contributed by atoms with Crippen LogP contribution in [0.15, 0.2) is 72.9 Å². The summed E-state index contributed by atoms with van der Waals surface area (Å²) in [6.45, 7) is 6.58. The number of carbonyl (C=O) groups excluding carboxylic acids is 1. The third-order valence-electron chi connectivity index (χ3n) is 5.42. The molecule has 0 spiro atoms. The van der Waals surface area contributed by atoms with Gasteiger partial charge in [0.25, 0.3) is 0 Å². The van der Waals surface area contributed by atoms with Gasteiger partial charge in [0.1, 0.15) is 18.3 Å². The number of para-hydroxylation sites is 2. The number of carbonyl (C=O) groups is 1. The third-order valence-corrected chi connectivity index (χ3v) is 5.42. The number of primary amides is 1. The minimum atomic E-state index is -0.449. The number of aryl methyl sites for hydroxylation is 1. The molecule has 0 fully saturated rings. The zero-order chi connectivity index (χ0) is 21.5. The standard InChI is InChI=1S/C26H25N3O.HI/c1-26(2,3)21-11-9-17(10-12-21)18-13-19(15-20(14-18)25(27)30)23-16-29(4)24-8-6-5-7-22(24)28-23;/h5-16H,1-4H3,(H-,27,30);1H. The van der Waals surface area contributed by atoms with E-state index in [1.54, 1.807) is 0 Å². The Bertz CT molecular complexity index is 1260. The van der Waals surface area contributed by atoms with Crippen molar-refractivity contribution in [2.24, 2.45) is 12.8 Å². The van der Waals surface area contributed by atoms with Gasteiger partial charge in [-0.15, -0.1) is 0 Å². The van der Waals surface area contributed by atoms with E-state index in [1.807, 2.05) is 54.2 Å². The second-order valence-corrected chi connectivity index (χ2v) is 8.72. The van der Waals surface area contributed by atoms with Crippen molar-refractivity contribution >= 4 is 16.9 Å². The molecule has 31 heavy (non-hydrogen) atoms. The van der Waals surface area contributed by atoms with Crippen LogP contribution in [0.5, 0.6) is 0 Å². The van der Waals surface area contributed by atoms with E-state index >= 15 is 0 Å². The number of nitrogens with two attached hydrogens (primary N) is 1. The van der Waals surface area contributed by atoms with Gasteiger partial charge in [-0.25, -0.2) is 4.98 Å². The maximum absolute atomic E-state index is 12.0. The lowest BCUT2D eigenvalue weighted by molar-refractivity contribution is -0.644. The summed E-state index contributed by atoms with van der Waals surface area (Å²) in [4.78, 5) is 16.8. The number of rotatable bonds is 3. The summed E-state index contributed by atoms with van der Waals surface area (Å²) in [6.07, 6.45) is 1.98. The Hall–Kier alpha value is -2.80. The average molecular weight is 523 g/mol. The Kier molecular flexibility index (Phi) is 6.46. The van der Waals surface area contributed by atoms with Crippen LogP contribution in [0, 0.1) is 0 Å². The summed E-state index contributed by atoms with van der Waals surface area (Å²) < 4.78 is 2.05. The molecule has 4 nitrogen and oxygen atoms in total. The molecular formula is C26H26IN3O. The molecule has 4 rings (SSSR count). The first-order valence-electron chi connectivity index (χ1n) is 10.0. The Morgan fingerprint density at radius 1 is 0.903 bits per heavy atom. The van der Waals surface area contributed by atoms with E-state index < -0.39 is 5.91 Å². The molecule has 0 aliphatic carbocycles. The van der Waals surface area contributed by atoms with Crippen molar-refractivity contribution < 1.29 is 33.3 Å². The monoisotopic (exact) mass is 523 g/mol. The van der Waals surface area contributed by atoms with Crippen molar-refractivity contribution in [2.45, 2.75) is 26.2 Å². The molecule has 1 heterocycles. The fourth-order valence-electron chi connectivity index (χ4n) is 3.65. The zero-order valence-corrected chi connectivity index (χ0v) is 20.3. The van der Waals surface area contributed by atoms with Crippen molar-refractivity contribution in [3.8, 4) is 22.4 Å². The molecule has 0 atom stereocenters. The van der Waals surface area contributed by atoms with E-state index in [0.29, 0.717) is 5.56 Å². The van der Waals surface area contributed by atoms with E-state index in [9.17, 15) is 4.79 Å². The lowest BCUT2D eigenvalue weighted by Crippen LogP contribution is -3.00. The highest BCUT2D eigenvalue weighted by molar-refractivity contribution is 5.96. The fraction of sp³-hybridized carbons (Fsp3) is 0.192. The quantitative estimate of drug-likeness (QED) is 0.329. The number of amides is 1. The number of aromatic nitrogens is 2. The van der Waals surface area contributed by atoms with Gasteiger partial charge < -0.3 is 29.7 Å². The van der Waals surface area contributed by atoms with Crippen molar-refractivity contribution in [2.75, 3.05) is 0 Å². The molecule has 2 N–H and O–H groups in total. The number of halogens is 1. The second-order valence-electron chi connectivity index (χ2n) is 8.72. The molecule has 0 radical (unpaired) electrons. The normalized spacial score (nSPS) is 11.2. The Morgan fingerprint density at radius 3 is 2.19 bits per heavy atom. The van der Waals surface area contributed by atoms with Crippen LogP contribution in [-0.2, 0) is 12.5 Å². The van der Waals surface area contributed by atoms with Crippen molar-refractivity contribution in [1.29, 1.82) is 0 Å². The molecule has 0 saturated heterocycles. The smallest absolute Gasteiger partial charge is 0.248 e. The number of hydrogen-bond donors (Lipinski definition) is 1. The molecule has 0 aliphatic rings. The molecule has 0 unspecified atom stereocenters. The molecule has 1 aromatic heterocycles. The minimum Gasteiger partial charge on any atom is -1.00 e. The van der Waals surface area contributed by atoms with Crippen LogP contribution in [0.2, 0.25) is 0 Å². The second kappa shape index (κ2) is 8.75. The van der Waals surface area contributed by atoms with Crippen LogP contribution in [0.25, 0.3) is 33.4 Å². The largest absolute Gasteiger partial charge is 1.00 e. The highest BCUT2D eigenvalue weighted by atomic mass is 127. The zero-order valence-electron chi connectivity index (χ0n) is 18.2. The number of fused-ring (bicyclic) bond motifs is 1. The van der Waals surface area contributed by atoms with Crippen LogP contribution in [-0.4, -0.2) is 10.9 Å². The van der Waals surface area contributed by atoms with Gasteiger partial charge in [0.15, 0.2) is 6.20 Å². The molecule has 4 aromatic rings. The summed E-state index contributed by atoms with van der Waals surface area (Å²) in [6, 6.07) is 22.2. The molecule has 5 heteroatoms. The van der Waals surface area contributed by atoms with Crippen LogP contribution < -0.4 is 34.3 Å². The molecule has 0 aliphatic heterocycles. The molecule has 3 aromatic carbocycles. The lowest BCUT2D eigenvalue weighted by atomic mass is 9.86. The molecule has 0 bridgehead atoms. The average Bonchev–Trinajstić information content (AvgIpc) is 2.73. The van der Waals surface area contributed by atoms with E-state index in [0.717, 1.165) is 33.4 Å². The van der Waals surface area contributed by atoms with Gasteiger partial charge in [-0.05, 0) is 46.4 Å². The number of hydrogen-bond acceptors (Lipinski definition) is 2. The fourth-order valence-corrected chi connectivity index (χ4v) is 3.65. The highest BCUT2D eigenvalue weighted by Gasteiger charge is 2.16. The minimum absolute atomic E-state index is 0. The van der Waals surface area contributed by atoms with Gasteiger partial charge in [0, 0.05) is 17.2 Å². The maximum atomic E-state index is 12.0. The SMILES string of the molecule is C[n+]1cc(-c2cc(C(N)=O)cc(-c3ccc(C(C)(C)C)cc3)c2)nc2ccccc21.[I-]. The Labute approximate surface area is 200 Å². The van der Waals surface area contributed by atoms with Crippen molar-refractivity contribution in [3.63, 3.8) is 0 Å². The van der Waals surface area contributed by atoms with Crippen molar-refractivity contribution in [1.82, 2.24) is 4.98 Å². The summed E-state index contributed by atoms with van der Waals surface area (Å²) in [5.74, 6) is -0.449. The van der Waals surface area contributed by atoms with Crippen LogP contribution in [0.1, 0.15) is 36.7 Å². The van der Waals surface area contributed by atoms with Crippen LogP contribution in [0.3, 0.4) is 0 Å². The van der Waals surface area contributed by atoms with E-state index in [2.05, 4.69) is 51.1 Å². The molecular weight excluding hydrogens is 497 g/mol. The van der Waals surface area contributed by atoms with Crippen LogP contribution >= 0.6 is 0 Å². The predicted molar refractivity (Wildman–Crippen MR) is 121 cm³/mol. The summed E-state index contributed by atoms with van der Waals surface area (Å²) in [5.41, 5.74) is 13.1. The summed E-state index contributed by atoms with van der Waals surface area (Å²) in [7, 11) is 2.00. The third kappa shape index (κ3) is 4.77. The first kappa shape index (κ1) is 22.9. The van der Waals surface area contributed by atoms with Gasteiger partial charge in [0.05, 0.1) is 0 Å². The van der Waals surface area contributed by atoms with E-state index in [-0.39, 0.29) is 29.4 Å². The molecule has 158 valence electrons. The first-order valence-corrected chi connectivity index (χ1v) is 10.0. The van der Waals surface area contributed by atoms with E-state index in [1.165, 1.54) is 5.56 Å². The summed E-state index contributed by atoms with van der Waals surface area (Å²) in [5, 5.41) is 0. The van der Waals surface area contributed by atoms with Gasteiger partial charge in [-0.2, -0.15) is 4.57 Å². The highest BCUT2D eigenvalue weighted by Crippen LogP contribution is 2.30. The topological polar surface area (TPSA) is 59.9 Å². The van der Waals surface area contributed by atoms with Gasteiger partial charge in [0.2, 0.25) is 11.4 Å². The summed E-state index contributed by atoms with van der Waals surface area (Å²) >= 11 is 0. The predicted octanol–water partition coefficient (Wildman–Crippen LogP) is 1.79. The number of benzene rings is 3. The Balaban J connectivity index is 0.00000272. The van der Waals surface area contributed by atoms with Crippen LogP contribution in [0.4, 0.5) is 0 Å². The van der Waals surface area contributed by atoms with E-state index in [4.69, 9.17) is 10.7 Å².